The van der Waals surface area contributed by atoms with E-state index in [2.05, 4.69) is 22.2 Å². The monoisotopic (exact) mass is 479 g/mol. The summed E-state index contributed by atoms with van der Waals surface area (Å²) in [5.41, 5.74) is 1.04. The van der Waals surface area contributed by atoms with Crippen LogP contribution in [0.2, 0.25) is 0 Å². The van der Waals surface area contributed by atoms with Crippen molar-refractivity contribution in [3.8, 4) is 0 Å². The zero-order chi connectivity index (χ0) is 24.7. The Balaban J connectivity index is 1.72. The molecule has 34 heavy (non-hydrogen) atoms. The Kier molecular flexibility index (Phi) is 6.22. The molecule has 0 spiro atoms. The van der Waals surface area contributed by atoms with Gasteiger partial charge in [-0.3, -0.25) is 0 Å². The molecule has 4 rings (SSSR count). The fourth-order valence-corrected chi connectivity index (χ4v) is 4.31. The van der Waals surface area contributed by atoms with Crippen molar-refractivity contribution in [3.63, 3.8) is 0 Å². The van der Waals surface area contributed by atoms with Crippen molar-refractivity contribution < 1.29 is 26.3 Å². The SMILES string of the molecule is C=C(NC1=NC(c2ccccc2C(F)(F)F)NC2=C1CCCC2)c1cc(C(F)(F)F)ccc1C. The van der Waals surface area contributed by atoms with Gasteiger partial charge in [0.25, 0.3) is 0 Å². The Morgan fingerprint density at radius 2 is 1.71 bits per heavy atom. The first-order valence-electron chi connectivity index (χ1n) is 10.8. The number of aliphatic imine (C=N–C) groups is 1. The molecule has 2 N–H and O–H groups in total. The van der Waals surface area contributed by atoms with E-state index < -0.39 is 29.6 Å². The molecule has 0 aromatic heterocycles. The first kappa shape index (κ1) is 23.9. The second kappa shape index (κ2) is 8.85. The molecule has 0 amide bonds. The van der Waals surface area contributed by atoms with Crippen molar-refractivity contribution >= 4 is 11.5 Å². The van der Waals surface area contributed by atoms with Crippen molar-refractivity contribution in [1.29, 1.82) is 0 Å². The van der Waals surface area contributed by atoms with E-state index >= 15 is 0 Å². The normalized spacial score (nSPS) is 18.7. The van der Waals surface area contributed by atoms with Gasteiger partial charge in [0.2, 0.25) is 0 Å². The average molecular weight is 479 g/mol. The number of alkyl halides is 6. The zero-order valence-corrected chi connectivity index (χ0v) is 18.4. The number of amidine groups is 1. The third-order valence-corrected chi connectivity index (χ3v) is 6.04. The van der Waals surface area contributed by atoms with Crippen molar-refractivity contribution in [2.45, 2.75) is 51.1 Å². The van der Waals surface area contributed by atoms with Crippen molar-refractivity contribution in [2.75, 3.05) is 0 Å². The molecule has 0 saturated heterocycles. The van der Waals surface area contributed by atoms with Crippen molar-refractivity contribution in [2.24, 2.45) is 4.99 Å². The number of hydrogen-bond donors (Lipinski definition) is 2. The van der Waals surface area contributed by atoms with Crippen LogP contribution < -0.4 is 10.6 Å². The largest absolute Gasteiger partial charge is 0.416 e. The Labute approximate surface area is 193 Å². The summed E-state index contributed by atoms with van der Waals surface area (Å²) < 4.78 is 80.6. The van der Waals surface area contributed by atoms with E-state index in [9.17, 15) is 26.3 Å². The van der Waals surface area contributed by atoms with Crippen LogP contribution in [0.15, 0.2) is 65.3 Å². The van der Waals surface area contributed by atoms with Crippen LogP contribution in [0, 0.1) is 6.92 Å². The van der Waals surface area contributed by atoms with E-state index in [0.717, 1.165) is 42.3 Å². The third kappa shape index (κ3) is 4.83. The fraction of sp³-hybridized carbons (Fsp3) is 0.320. The lowest BCUT2D eigenvalue weighted by Crippen LogP contribution is -2.36. The summed E-state index contributed by atoms with van der Waals surface area (Å²) in [5, 5.41) is 6.16. The summed E-state index contributed by atoms with van der Waals surface area (Å²) >= 11 is 0. The van der Waals surface area contributed by atoms with E-state index in [-0.39, 0.29) is 16.8 Å². The third-order valence-electron chi connectivity index (χ3n) is 6.04. The van der Waals surface area contributed by atoms with E-state index in [1.54, 1.807) is 6.92 Å². The lowest BCUT2D eigenvalue weighted by molar-refractivity contribution is -0.139. The zero-order valence-electron chi connectivity index (χ0n) is 18.4. The Bertz CT molecular complexity index is 1170. The highest BCUT2D eigenvalue weighted by atomic mass is 19.4. The highest BCUT2D eigenvalue weighted by Crippen LogP contribution is 2.38. The number of rotatable bonds is 3. The summed E-state index contributed by atoms with van der Waals surface area (Å²) in [7, 11) is 0. The van der Waals surface area contributed by atoms with Crippen LogP contribution in [0.3, 0.4) is 0 Å². The van der Waals surface area contributed by atoms with Gasteiger partial charge < -0.3 is 10.6 Å². The molecule has 0 radical (unpaired) electrons. The summed E-state index contributed by atoms with van der Waals surface area (Å²) in [5.74, 6) is 0.331. The van der Waals surface area contributed by atoms with Crippen LogP contribution in [0.5, 0.6) is 0 Å². The molecule has 0 saturated carbocycles. The number of nitrogens with zero attached hydrogens (tertiary/aromatic N) is 1. The van der Waals surface area contributed by atoms with E-state index in [4.69, 9.17) is 0 Å². The van der Waals surface area contributed by atoms with Gasteiger partial charge in [0.05, 0.1) is 11.1 Å². The maximum absolute atomic E-state index is 13.6. The van der Waals surface area contributed by atoms with Gasteiger partial charge in [-0.05, 0) is 56.4 Å². The fourth-order valence-electron chi connectivity index (χ4n) is 4.31. The van der Waals surface area contributed by atoms with Crippen molar-refractivity contribution in [3.05, 3.63) is 88.1 Å². The van der Waals surface area contributed by atoms with Crippen LogP contribution in [0.25, 0.3) is 5.70 Å². The molecule has 0 fully saturated rings. The van der Waals surface area contributed by atoms with Crippen LogP contribution in [0.1, 0.15) is 59.7 Å². The molecule has 0 bridgehead atoms. The summed E-state index contributed by atoms with van der Waals surface area (Å²) in [4.78, 5) is 4.53. The maximum atomic E-state index is 13.6. The van der Waals surface area contributed by atoms with Gasteiger partial charge in [-0.2, -0.15) is 26.3 Å². The minimum atomic E-state index is -4.55. The van der Waals surface area contributed by atoms with Gasteiger partial charge in [0, 0.05) is 28.1 Å². The molecular formula is C25H23F6N3. The predicted octanol–water partition coefficient (Wildman–Crippen LogP) is 7.12. The molecule has 9 heteroatoms. The molecule has 2 aromatic carbocycles. The number of nitrogens with one attached hydrogen (secondary N) is 2. The van der Waals surface area contributed by atoms with E-state index in [0.29, 0.717) is 24.2 Å². The molecule has 2 aliphatic rings. The molecule has 1 aliphatic carbocycles. The van der Waals surface area contributed by atoms with Gasteiger partial charge in [-0.15, -0.1) is 0 Å². The summed E-state index contributed by atoms with van der Waals surface area (Å²) in [6, 6.07) is 8.60. The Hall–Kier alpha value is -3.23. The number of aryl methyl sites for hydroxylation is 1. The lowest BCUT2D eigenvalue weighted by atomic mass is 9.92. The maximum Gasteiger partial charge on any atom is 0.416 e. The van der Waals surface area contributed by atoms with Gasteiger partial charge >= 0.3 is 12.4 Å². The number of hydrogen-bond acceptors (Lipinski definition) is 3. The predicted molar refractivity (Wildman–Crippen MR) is 119 cm³/mol. The highest BCUT2D eigenvalue weighted by Gasteiger charge is 2.37. The second-order valence-corrected chi connectivity index (χ2v) is 8.40. The summed E-state index contributed by atoms with van der Waals surface area (Å²) in [6.07, 6.45) is -7.01. The molecule has 1 heterocycles. The molecule has 1 atom stereocenters. The number of allylic oxidation sites excluding steroid dienone is 1. The average Bonchev–Trinajstić information content (AvgIpc) is 2.78. The van der Waals surface area contributed by atoms with Gasteiger partial charge in [-0.1, -0.05) is 30.8 Å². The lowest BCUT2D eigenvalue weighted by Gasteiger charge is -2.33. The molecular weight excluding hydrogens is 456 g/mol. The van der Waals surface area contributed by atoms with E-state index in [1.165, 1.54) is 24.3 Å². The quantitative estimate of drug-likeness (QED) is 0.460. The van der Waals surface area contributed by atoms with Gasteiger partial charge in [0.1, 0.15) is 12.0 Å². The Morgan fingerprint density at radius 3 is 2.41 bits per heavy atom. The van der Waals surface area contributed by atoms with Crippen LogP contribution in [-0.4, -0.2) is 5.84 Å². The molecule has 1 unspecified atom stereocenters. The van der Waals surface area contributed by atoms with Gasteiger partial charge in [0.15, 0.2) is 0 Å². The first-order valence-corrected chi connectivity index (χ1v) is 10.8. The topological polar surface area (TPSA) is 36.4 Å². The Morgan fingerprint density at radius 1 is 1.00 bits per heavy atom. The standard InChI is InChI=1S/C25H23F6N3/c1-14-11-12-16(24(26,27)28)13-19(14)15(2)32-23-18-8-4-6-10-21(18)33-22(34-23)17-7-3-5-9-20(17)25(29,30)31/h3,5,7,9,11-13,22,33H,2,4,6,8,10H2,1H3,(H,32,34). The summed E-state index contributed by atoms with van der Waals surface area (Å²) in [6.45, 7) is 5.58. The molecule has 2 aromatic rings. The minimum Gasteiger partial charge on any atom is -0.363 e. The molecule has 3 nitrogen and oxygen atoms in total. The minimum absolute atomic E-state index is 0.0210. The van der Waals surface area contributed by atoms with Gasteiger partial charge in [-0.25, -0.2) is 4.99 Å². The highest BCUT2D eigenvalue weighted by molar-refractivity contribution is 6.04. The molecule has 180 valence electrons. The number of benzene rings is 2. The van der Waals surface area contributed by atoms with E-state index in [1.807, 2.05) is 0 Å². The van der Waals surface area contributed by atoms with Crippen LogP contribution in [0.4, 0.5) is 26.3 Å². The first-order chi connectivity index (χ1) is 15.9. The van der Waals surface area contributed by atoms with Crippen molar-refractivity contribution in [1.82, 2.24) is 10.6 Å². The number of halogens is 6. The van der Waals surface area contributed by atoms with Crippen LogP contribution >= 0.6 is 0 Å². The smallest absolute Gasteiger partial charge is 0.363 e. The second-order valence-electron chi connectivity index (χ2n) is 8.40. The van der Waals surface area contributed by atoms with Crippen LogP contribution in [-0.2, 0) is 12.4 Å². The molecule has 1 aliphatic heterocycles.